The second-order valence-electron chi connectivity index (χ2n) is 8.22. The summed E-state index contributed by atoms with van der Waals surface area (Å²) in [5.41, 5.74) is 0.315. The maximum absolute atomic E-state index is 13.5. The number of carbonyl (C=O) groups excluding carboxylic acids is 1. The monoisotopic (exact) mass is 423 g/mol. The van der Waals surface area contributed by atoms with Gasteiger partial charge in [0.1, 0.15) is 16.4 Å². The van der Waals surface area contributed by atoms with Crippen LogP contribution in [0.2, 0.25) is 0 Å². The fourth-order valence-corrected chi connectivity index (χ4v) is 4.44. The number of amides is 1. The lowest BCUT2D eigenvalue weighted by Crippen LogP contribution is -2.45. The quantitative estimate of drug-likeness (QED) is 0.689. The van der Waals surface area contributed by atoms with Gasteiger partial charge in [-0.05, 0) is 57.3 Å². The van der Waals surface area contributed by atoms with Crippen LogP contribution in [0, 0.1) is 0 Å². The smallest absolute Gasteiger partial charge is 0.254 e. The SMILES string of the molecule is C[C@@H]1CC[C@@H](c2nsc(C(C)(C)O)n2)CN1C(=O)c1ccccc1-c1ncccn1. The lowest BCUT2D eigenvalue weighted by molar-refractivity contribution is 0.0603. The summed E-state index contributed by atoms with van der Waals surface area (Å²) in [7, 11) is 0. The highest BCUT2D eigenvalue weighted by atomic mass is 32.1. The fourth-order valence-electron chi connectivity index (χ4n) is 3.71. The third-order valence-electron chi connectivity index (χ3n) is 5.44. The first-order valence-corrected chi connectivity index (χ1v) is 10.9. The average molecular weight is 424 g/mol. The highest BCUT2D eigenvalue weighted by Crippen LogP contribution is 2.33. The van der Waals surface area contributed by atoms with Gasteiger partial charge in [0.2, 0.25) is 0 Å². The number of piperidine rings is 1. The van der Waals surface area contributed by atoms with Crippen LogP contribution in [0.4, 0.5) is 0 Å². The van der Waals surface area contributed by atoms with Crippen molar-refractivity contribution in [2.24, 2.45) is 0 Å². The Bertz CT molecular complexity index is 1030. The molecule has 1 aromatic carbocycles. The van der Waals surface area contributed by atoms with Crippen LogP contribution < -0.4 is 0 Å². The van der Waals surface area contributed by atoms with E-state index in [2.05, 4.69) is 26.2 Å². The number of nitrogens with zero attached hydrogens (tertiary/aromatic N) is 5. The minimum Gasteiger partial charge on any atom is -0.383 e. The van der Waals surface area contributed by atoms with Crippen molar-refractivity contribution < 1.29 is 9.90 Å². The highest BCUT2D eigenvalue weighted by molar-refractivity contribution is 7.05. The first-order valence-electron chi connectivity index (χ1n) is 10.1. The number of aliphatic hydroxyl groups is 1. The maximum Gasteiger partial charge on any atom is 0.254 e. The van der Waals surface area contributed by atoms with E-state index in [9.17, 15) is 9.90 Å². The number of likely N-dealkylation sites (tertiary alicyclic amines) is 1. The molecule has 1 fully saturated rings. The van der Waals surface area contributed by atoms with Gasteiger partial charge in [-0.25, -0.2) is 15.0 Å². The summed E-state index contributed by atoms with van der Waals surface area (Å²) in [6.07, 6.45) is 5.14. The Labute approximate surface area is 180 Å². The van der Waals surface area contributed by atoms with Gasteiger partial charge in [-0.3, -0.25) is 4.79 Å². The lowest BCUT2D eigenvalue weighted by Gasteiger charge is -2.37. The third kappa shape index (κ3) is 4.11. The molecule has 0 saturated carbocycles. The summed E-state index contributed by atoms with van der Waals surface area (Å²) in [6.45, 7) is 6.04. The average Bonchev–Trinajstić information content (AvgIpc) is 3.25. The lowest BCUT2D eigenvalue weighted by atomic mass is 9.91. The number of hydrogen-bond donors (Lipinski definition) is 1. The van der Waals surface area contributed by atoms with Crippen LogP contribution in [0.25, 0.3) is 11.4 Å². The van der Waals surface area contributed by atoms with Gasteiger partial charge >= 0.3 is 0 Å². The van der Waals surface area contributed by atoms with Crippen molar-refractivity contribution in [1.82, 2.24) is 24.2 Å². The molecule has 7 nitrogen and oxygen atoms in total. The van der Waals surface area contributed by atoms with E-state index >= 15 is 0 Å². The van der Waals surface area contributed by atoms with Crippen molar-refractivity contribution in [3.63, 3.8) is 0 Å². The summed E-state index contributed by atoms with van der Waals surface area (Å²) in [5.74, 6) is 1.27. The molecular weight excluding hydrogens is 398 g/mol. The molecule has 156 valence electrons. The van der Waals surface area contributed by atoms with Gasteiger partial charge in [-0.2, -0.15) is 4.37 Å². The largest absolute Gasteiger partial charge is 0.383 e. The third-order valence-corrected chi connectivity index (χ3v) is 6.48. The number of benzene rings is 1. The molecular formula is C22H25N5O2S. The molecule has 2 aromatic heterocycles. The molecule has 0 radical (unpaired) electrons. The van der Waals surface area contributed by atoms with Crippen molar-refractivity contribution in [2.75, 3.05) is 6.54 Å². The van der Waals surface area contributed by atoms with Gasteiger partial charge in [-0.15, -0.1) is 0 Å². The molecule has 30 heavy (non-hydrogen) atoms. The van der Waals surface area contributed by atoms with Gasteiger partial charge in [0.25, 0.3) is 5.91 Å². The van der Waals surface area contributed by atoms with Gasteiger partial charge in [0.15, 0.2) is 5.82 Å². The van der Waals surface area contributed by atoms with E-state index in [1.54, 1.807) is 32.3 Å². The molecule has 1 aliphatic heterocycles. The molecule has 1 N–H and O–H groups in total. The van der Waals surface area contributed by atoms with Crippen LogP contribution >= 0.6 is 11.5 Å². The van der Waals surface area contributed by atoms with E-state index in [1.165, 1.54) is 11.5 Å². The summed E-state index contributed by atoms with van der Waals surface area (Å²) < 4.78 is 4.48. The van der Waals surface area contributed by atoms with Gasteiger partial charge in [0, 0.05) is 36.5 Å². The predicted octanol–water partition coefficient (Wildman–Crippen LogP) is 3.63. The normalized spacial score (nSPS) is 19.7. The first kappa shape index (κ1) is 20.6. The Balaban J connectivity index is 1.61. The maximum atomic E-state index is 13.5. The van der Waals surface area contributed by atoms with Crippen molar-refractivity contribution in [1.29, 1.82) is 0 Å². The topological polar surface area (TPSA) is 92.1 Å². The summed E-state index contributed by atoms with van der Waals surface area (Å²) in [6, 6.07) is 9.34. The number of carbonyl (C=O) groups is 1. The van der Waals surface area contributed by atoms with E-state index < -0.39 is 5.60 Å². The zero-order valence-electron chi connectivity index (χ0n) is 17.3. The van der Waals surface area contributed by atoms with E-state index in [4.69, 9.17) is 0 Å². The molecule has 1 amide bonds. The van der Waals surface area contributed by atoms with Gasteiger partial charge < -0.3 is 10.0 Å². The highest BCUT2D eigenvalue weighted by Gasteiger charge is 2.34. The molecule has 0 aliphatic carbocycles. The van der Waals surface area contributed by atoms with Crippen LogP contribution in [0.15, 0.2) is 42.7 Å². The molecule has 1 saturated heterocycles. The minimum absolute atomic E-state index is 0.0341. The van der Waals surface area contributed by atoms with Crippen molar-refractivity contribution >= 4 is 17.4 Å². The number of hydrogen-bond acceptors (Lipinski definition) is 7. The van der Waals surface area contributed by atoms with Crippen LogP contribution in [0.1, 0.15) is 60.7 Å². The van der Waals surface area contributed by atoms with Crippen LogP contribution in [0.3, 0.4) is 0 Å². The molecule has 1 aliphatic rings. The molecule has 3 aromatic rings. The predicted molar refractivity (Wildman–Crippen MR) is 115 cm³/mol. The Morgan fingerprint density at radius 2 is 1.90 bits per heavy atom. The Morgan fingerprint density at radius 1 is 1.17 bits per heavy atom. The summed E-state index contributed by atoms with van der Waals surface area (Å²) in [4.78, 5) is 28.6. The Hall–Kier alpha value is -2.71. The molecule has 0 spiro atoms. The van der Waals surface area contributed by atoms with Crippen LogP contribution in [0.5, 0.6) is 0 Å². The summed E-state index contributed by atoms with van der Waals surface area (Å²) in [5, 5.41) is 10.8. The Morgan fingerprint density at radius 3 is 2.60 bits per heavy atom. The van der Waals surface area contributed by atoms with E-state index in [1.807, 2.05) is 29.2 Å². The van der Waals surface area contributed by atoms with Crippen LogP contribution in [-0.2, 0) is 5.60 Å². The van der Waals surface area contributed by atoms with E-state index in [0.29, 0.717) is 28.8 Å². The standard InChI is InChI=1S/C22H25N5O2S/c1-14-9-10-15(18-25-21(30-26-18)22(2,3)29)13-27(14)20(28)17-8-5-4-7-16(17)19-23-11-6-12-24-19/h4-8,11-12,14-15,29H,9-10,13H2,1-3H3/t14-,15-/m1/s1. The minimum atomic E-state index is -1.01. The number of rotatable bonds is 4. The van der Waals surface area contributed by atoms with Gasteiger partial charge in [-0.1, -0.05) is 18.2 Å². The van der Waals surface area contributed by atoms with Crippen molar-refractivity contribution in [3.05, 3.63) is 59.1 Å². The van der Waals surface area contributed by atoms with Crippen LogP contribution in [-0.4, -0.2) is 47.8 Å². The van der Waals surface area contributed by atoms with E-state index in [0.717, 1.165) is 18.4 Å². The van der Waals surface area contributed by atoms with Gasteiger partial charge in [0.05, 0.1) is 5.56 Å². The molecule has 2 atom stereocenters. The molecule has 4 rings (SSSR count). The van der Waals surface area contributed by atoms with E-state index in [-0.39, 0.29) is 17.9 Å². The zero-order chi connectivity index (χ0) is 21.3. The van der Waals surface area contributed by atoms with Crippen molar-refractivity contribution in [2.45, 2.75) is 51.2 Å². The number of aromatic nitrogens is 4. The second-order valence-corrected chi connectivity index (χ2v) is 8.97. The second kappa shape index (κ2) is 8.20. The first-order chi connectivity index (χ1) is 14.3. The zero-order valence-corrected chi connectivity index (χ0v) is 18.1. The van der Waals surface area contributed by atoms with Crippen molar-refractivity contribution in [3.8, 4) is 11.4 Å². The molecule has 3 heterocycles. The Kier molecular flexibility index (Phi) is 5.62. The molecule has 0 bridgehead atoms. The summed E-state index contributed by atoms with van der Waals surface area (Å²) >= 11 is 1.23. The fraction of sp³-hybridized carbons (Fsp3) is 0.409. The molecule has 0 unspecified atom stereocenters. The molecule has 8 heteroatoms.